The first-order valence-electron chi connectivity index (χ1n) is 5.37. The molecule has 0 aromatic rings. The third-order valence-corrected chi connectivity index (χ3v) is 2.35. The van der Waals surface area contributed by atoms with Crippen molar-refractivity contribution in [2.24, 2.45) is 5.73 Å². The lowest BCUT2D eigenvalue weighted by molar-refractivity contribution is -0.144. The van der Waals surface area contributed by atoms with Gasteiger partial charge in [0.05, 0.1) is 13.2 Å². The number of rotatable bonds is 7. The molecule has 0 saturated heterocycles. The maximum Gasteiger partial charge on any atom is 0.320 e. The zero-order chi connectivity index (χ0) is 10.4. The summed E-state index contributed by atoms with van der Waals surface area (Å²) in [6.45, 7) is 4.33. The first-order chi connectivity index (χ1) is 6.77. The van der Waals surface area contributed by atoms with Crippen molar-refractivity contribution in [1.82, 2.24) is 4.90 Å². The summed E-state index contributed by atoms with van der Waals surface area (Å²) < 4.78 is 4.92. The minimum atomic E-state index is -0.114. The number of hydrogen-bond donors (Lipinski definition) is 1. The van der Waals surface area contributed by atoms with Crippen molar-refractivity contribution in [3.63, 3.8) is 0 Å². The standard InChI is InChI=1S/C10H20N2O2/c1-2-14-10(13)8-12(7-3-6-11)9-4-5-9/h9H,2-8,11H2,1H3. The maximum atomic E-state index is 11.3. The van der Waals surface area contributed by atoms with Crippen molar-refractivity contribution in [2.75, 3.05) is 26.2 Å². The minimum absolute atomic E-state index is 0.114. The first-order valence-corrected chi connectivity index (χ1v) is 5.37. The topological polar surface area (TPSA) is 55.6 Å². The number of carbonyl (C=O) groups excluding carboxylic acids is 1. The van der Waals surface area contributed by atoms with Crippen molar-refractivity contribution < 1.29 is 9.53 Å². The van der Waals surface area contributed by atoms with Crippen molar-refractivity contribution in [3.05, 3.63) is 0 Å². The molecule has 4 nitrogen and oxygen atoms in total. The fourth-order valence-corrected chi connectivity index (χ4v) is 1.50. The Morgan fingerprint density at radius 1 is 1.57 bits per heavy atom. The molecule has 82 valence electrons. The number of esters is 1. The molecule has 0 amide bonds. The van der Waals surface area contributed by atoms with Crippen LogP contribution in [0.4, 0.5) is 0 Å². The molecule has 14 heavy (non-hydrogen) atoms. The molecule has 1 aliphatic rings. The fourth-order valence-electron chi connectivity index (χ4n) is 1.50. The van der Waals surface area contributed by atoms with Crippen molar-refractivity contribution in [3.8, 4) is 0 Å². The second-order valence-corrected chi connectivity index (χ2v) is 3.65. The molecule has 1 rings (SSSR count). The van der Waals surface area contributed by atoms with Crippen LogP contribution in [0, 0.1) is 0 Å². The molecule has 4 heteroatoms. The summed E-state index contributed by atoms with van der Waals surface area (Å²) in [6, 6.07) is 0.603. The predicted molar refractivity (Wildman–Crippen MR) is 54.9 cm³/mol. The second kappa shape index (κ2) is 5.98. The van der Waals surface area contributed by atoms with Crippen molar-refractivity contribution >= 4 is 5.97 Å². The SMILES string of the molecule is CCOC(=O)CN(CCCN)C1CC1. The van der Waals surface area contributed by atoms with Gasteiger partial charge in [0.15, 0.2) is 0 Å². The number of ether oxygens (including phenoxy) is 1. The van der Waals surface area contributed by atoms with E-state index in [1.54, 1.807) is 0 Å². The van der Waals surface area contributed by atoms with Gasteiger partial charge in [-0.1, -0.05) is 0 Å². The highest BCUT2D eigenvalue weighted by Crippen LogP contribution is 2.26. The molecule has 0 radical (unpaired) electrons. The van der Waals surface area contributed by atoms with E-state index in [1.165, 1.54) is 12.8 Å². The van der Waals surface area contributed by atoms with Gasteiger partial charge in [0.2, 0.25) is 0 Å². The van der Waals surface area contributed by atoms with E-state index in [0.717, 1.165) is 13.0 Å². The first kappa shape index (κ1) is 11.5. The monoisotopic (exact) mass is 200 g/mol. The fraction of sp³-hybridized carbons (Fsp3) is 0.900. The van der Waals surface area contributed by atoms with Crippen LogP contribution in [0.5, 0.6) is 0 Å². The van der Waals surface area contributed by atoms with E-state index < -0.39 is 0 Å². The number of nitrogens with two attached hydrogens (primary N) is 1. The van der Waals surface area contributed by atoms with Crippen LogP contribution in [0.1, 0.15) is 26.2 Å². The van der Waals surface area contributed by atoms with Gasteiger partial charge in [-0.15, -0.1) is 0 Å². The van der Waals surface area contributed by atoms with E-state index in [4.69, 9.17) is 10.5 Å². The van der Waals surface area contributed by atoms with Gasteiger partial charge in [0.1, 0.15) is 0 Å². The van der Waals surface area contributed by atoms with E-state index in [9.17, 15) is 4.79 Å². The largest absolute Gasteiger partial charge is 0.465 e. The molecule has 1 aliphatic carbocycles. The maximum absolute atomic E-state index is 11.3. The van der Waals surface area contributed by atoms with E-state index >= 15 is 0 Å². The van der Waals surface area contributed by atoms with Crippen LogP contribution >= 0.6 is 0 Å². The summed E-state index contributed by atoms with van der Waals surface area (Å²) in [4.78, 5) is 13.4. The van der Waals surface area contributed by atoms with Crippen LogP contribution < -0.4 is 5.73 Å². The second-order valence-electron chi connectivity index (χ2n) is 3.65. The lowest BCUT2D eigenvalue weighted by atomic mass is 10.3. The molecule has 0 atom stereocenters. The third-order valence-electron chi connectivity index (χ3n) is 2.35. The highest BCUT2D eigenvalue weighted by Gasteiger charge is 2.29. The quantitative estimate of drug-likeness (QED) is 0.603. The minimum Gasteiger partial charge on any atom is -0.465 e. The number of carbonyl (C=O) groups is 1. The number of nitrogens with zero attached hydrogens (tertiary/aromatic N) is 1. The Hall–Kier alpha value is -0.610. The van der Waals surface area contributed by atoms with E-state index in [1.807, 2.05) is 6.92 Å². The van der Waals surface area contributed by atoms with E-state index in [2.05, 4.69) is 4.90 Å². The molecule has 0 spiro atoms. The summed E-state index contributed by atoms with van der Waals surface area (Å²) in [5.41, 5.74) is 5.44. The highest BCUT2D eigenvalue weighted by molar-refractivity contribution is 5.71. The van der Waals surface area contributed by atoms with Gasteiger partial charge in [-0.2, -0.15) is 0 Å². The van der Waals surface area contributed by atoms with Gasteiger partial charge in [-0.05, 0) is 32.7 Å². The van der Waals surface area contributed by atoms with E-state index in [-0.39, 0.29) is 5.97 Å². The van der Waals surface area contributed by atoms with Crippen LogP contribution in [-0.2, 0) is 9.53 Å². The lowest BCUT2D eigenvalue weighted by Crippen LogP contribution is -2.34. The molecule has 0 aromatic carbocycles. The number of hydrogen-bond acceptors (Lipinski definition) is 4. The van der Waals surface area contributed by atoms with E-state index in [0.29, 0.717) is 25.7 Å². The Morgan fingerprint density at radius 2 is 2.29 bits per heavy atom. The van der Waals surface area contributed by atoms with Gasteiger partial charge in [0.25, 0.3) is 0 Å². The summed E-state index contributed by atoms with van der Waals surface area (Å²) in [7, 11) is 0. The summed E-state index contributed by atoms with van der Waals surface area (Å²) in [6.07, 6.45) is 3.38. The molecule has 2 N–H and O–H groups in total. The normalized spacial score (nSPS) is 15.9. The third kappa shape index (κ3) is 4.07. The zero-order valence-electron chi connectivity index (χ0n) is 8.87. The molecule has 1 saturated carbocycles. The Bertz CT molecular complexity index is 181. The molecule has 1 fully saturated rings. The van der Waals surface area contributed by atoms with Crippen molar-refractivity contribution in [1.29, 1.82) is 0 Å². The van der Waals surface area contributed by atoms with Crippen LogP contribution in [0.25, 0.3) is 0 Å². The molecule has 0 aromatic heterocycles. The average molecular weight is 200 g/mol. The molecule has 0 aliphatic heterocycles. The molecule has 0 unspecified atom stereocenters. The van der Waals surface area contributed by atoms with Gasteiger partial charge < -0.3 is 10.5 Å². The average Bonchev–Trinajstić information content (AvgIpc) is 2.95. The summed E-state index contributed by atoms with van der Waals surface area (Å²) in [5.74, 6) is -0.114. The van der Waals surface area contributed by atoms with Gasteiger partial charge in [-0.3, -0.25) is 9.69 Å². The molecular formula is C10H20N2O2. The molecule has 0 heterocycles. The highest BCUT2D eigenvalue weighted by atomic mass is 16.5. The smallest absolute Gasteiger partial charge is 0.320 e. The predicted octanol–water partition coefficient (Wildman–Crippen LogP) is 0.363. The molecular weight excluding hydrogens is 180 g/mol. The van der Waals surface area contributed by atoms with Crippen molar-refractivity contribution in [2.45, 2.75) is 32.2 Å². The Balaban J connectivity index is 2.23. The van der Waals surface area contributed by atoms with Crippen LogP contribution in [-0.4, -0.2) is 43.2 Å². The Labute approximate surface area is 85.4 Å². The summed E-state index contributed by atoms with van der Waals surface area (Å²) >= 11 is 0. The van der Waals surface area contributed by atoms with Crippen LogP contribution in [0.15, 0.2) is 0 Å². The Kier molecular flexibility index (Phi) is 4.90. The summed E-state index contributed by atoms with van der Waals surface area (Å²) in [5, 5.41) is 0. The van der Waals surface area contributed by atoms with Gasteiger partial charge >= 0.3 is 5.97 Å². The van der Waals surface area contributed by atoms with Crippen LogP contribution in [0.3, 0.4) is 0 Å². The van der Waals surface area contributed by atoms with Gasteiger partial charge in [0, 0.05) is 12.6 Å². The Morgan fingerprint density at radius 3 is 2.79 bits per heavy atom. The van der Waals surface area contributed by atoms with Crippen LogP contribution in [0.2, 0.25) is 0 Å². The molecule has 0 bridgehead atoms. The van der Waals surface area contributed by atoms with Gasteiger partial charge in [-0.25, -0.2) is 0 Å². The zero-order valence-corrected chi connectivity index (χ0v) is 8.87. The lowest BCUT2D eigenvalue weighted by Gasteiger charge is -2.20.